The van der Waals surface area contributed by atoms with Gasteiger partial charge >= 0.3 is 0 Å². The third-order valence-electron chi connectivity index (χ3n) is 3.62. The topological polar surface area (TPSA) is 35.5 Å². The zero-order valence-electron chi connectivity index (χ0n) is 11.3. The van der Waals surface area contributed by atoms with Gasteiger partial charge in [0, 0.05) is 18.9 Å². The van der Waals surface area contributed by atoms with Crippen molar-refractivity contribution in [2.24, 2.45) is 5.92 Å². The highest BCUT2D eigenvalue weighted by Gasteiger charge is 2.32. The van der Waals surface area contributed by atoms with Crippen LogP contribution < -0.4 is 4.74 Å². The Hall–Kier alpha value is -0.870. The predicted molar refractivity (Wildman–Crippen MR) is 77.5 cm³/mol. The molecule has 1 aliphatic heterocycles. The summed E-state index contributed by atoms with van der Waals surface area (Å²) in [5.41, 5.74) is 1.01. The van der Waals surface area contributed by atoms with Gasteiger partial charge in [-0.05, 0) is 46.5 Å². The Bertz CT molecular complexity index is 459. The Kier molecular flexibility index (Phi) is 4.99. The van der Waals surface area contributed by atoms with E-state index in [9.17, 15) is 4.79 Å². The Morgan fingerprint density at radius 2 is 2.32 bits per heavy atom. The van der Waals surface area contributed by atoms with E-state index in [0.717, 1.165) is 28.6 Å². The quantitative estimate of drug-likeness (QED) is 0.832. The van der Waals surface area contributed by atoms with Gasteiger partial charge in [-0.2, -0.15) is 0 Å². The number of benzene rings is 1. The van der Waals surface area contributed by atoms with Gasteiger partial charge in [0.05, 0.1) is 17.7 Å². The Morgan fingerprint density at radius 1 is 1.53 bits per heavy atom. The van der Waals surface area contributed by atoms with Crippen LogP contribution in [-0.2, 0) is 16.0 Å². The van der Waals surface area contributed by atoms with Crippen molar-refractivity contribution in [3.05, 3.63) is 28.2 Å². The van der Waals surface area contributed by atoms with Crippen LogP contribution in [0.4, 0.5) is 0 Å². The van der Waals surface area contributed by atoms with Crippen LogP contribution in [0.2, 0.25) is 0 Å². The van der Waals surface area contributed by atoms with Crippen molar-refractivity contribution in [1.82, 2.24) is 0 Å². The lowest BCUT2D eigenvalue weighted by Crippen LogP contribution is -2.25. The maximum atomic E-state index is 12.3. The Labute approximate surface area is 122 Å². The molecule has 0 amide bonds. The third kappa shape index (κ3) is 3.37. The zero-order valence-corrected chi connectivity index (χ0v) is 12.9. The maximum Gasteiger partial charge on any atom is 0.143 e. The summed E-state index contributed by atoms with van der Waals surface area (Å²) in [6.45, 7) is 2.78. The maximum absolute atomic E-state index is 12.3. The molecule has 19 heavy (non-hydrogen) atoms. The fourth-order valence-electron chi connectivity index (χ4n) is 2.57. The summed E-state index contributed by atoms with van der Waals surface area (Å²) < 4.78 is 11.7. The minimum atomic E-state index is 0.0610. The van der Waals surface area contributed by atoms with Crippen LogP contribution in [0.25, 0.3) is 0 Å². The van der Waals surface area contributed by atoms with Gasteiger partial charge in [0.15, 0.2) is 0 Å². The molecule has 3 nitrogen and oxygen atoms in total. The number of rotatable bonds is 5. The summed E-state index contributed by atoms with van der Waals surface area (Å²) in [5.74, 6) is 1.12. The number of methoxy groups -OCH3 is 1. The molecule has 104 valence electrons. The molecule has 2 rings (SSSR count). The molecule has 0 aromatic heterocycles. The van der Waals surface area contributed by atoms with E-state index in [4.69, 9.17) is 9.47 Å². The zero-order chi connectivity index (χ0) is 13.8. The molecule has 2 unspecified atom stereocenters. The van der Waals surface area contributed by atoms with Crippen LogP contribution in [0.1, 0.15) is 25.3 Å². The van der Waals surface area contributed by atoms with E-state index in [2.05, 4.69) is 22.9 Å². The van der Waals surface area contributed by atoms with Crippen LogP contribution in [-0.4, -0.2) is 25.6 Å². The molecule has 0 radical (unpaired) electrons. The van der Waals surface area contributed by atoms with Crippen molar-refractivity contribution < 1.29 is 14.3 Å². The summed E-state index contributed by atoms with van der Waals surface area (Å²) in [7, 11) is 1.63. The van der Waals surface area contributed by atoms with Crippen LogP contribution in [0.15, 0.2) is 22.7 Å². The van der Waals surface area contributed by atoms with Crippen LogP contribution in [0, 0.1) is 5.92 Å². The molecule has 1 fully saturated rings. The van der Waals surface area contributed by atoms with Crippen molar-refractivity contribution in [2.75, 3.05) is 13.7 Å². The minimum absolute atomic E-state index is 0.0610. The van der Waals surface area contributed by atoms with Crippen LogP contribution >= 0.6 is 15.9 Å². The summed E-state index contributed by atoms with van der Waals surface area (Å²) in [6, 6.07) is 5.78. The summed E-state index contributed by atoms with van der Waals surface area (Å²) in [5, 5.41) is 0. The lowest BCUT2D eigenvalue weighted by Gasteiger charge is -2.15. The molecule has 4 heteroatoms. The first-order chi connectivity index (χ1) is 9.15. The van der Waals surface area contributed by atoms with Crippen LogP contribution in [0.3, 0.4) is 0 Å². The number of carbonyl (C=O) groups excluding carboxylic acids is 1. The van der Waals surface area contributed by atoms with E-state index >= 15 is 0 Å². The second-order valence-electron chi connectivity index (χ2n) is 4.82. The highest BCUT2D eigenvalue weighted by atomic mass is 79.9. The number of carbonyl (C=O) groups is 1. The van der Waals surface area contributed by atoms with Crippen molar-refractivity contribution >= 4 is 21.7 Å². The van der Waals surface area contributed by atoms with Crippen molar-refractivity contribution in [3.8, 4) is 5.75 Å². The Morgan fingerprint density at radius 3 is 2.95 bits per heavy atom. The largest absolute Gasteiger partial charge is 0.496 e. The number of hydrogen-bond donors (Lipinski definition) is 0. The average molecular weight is 327 g/mol. The molecule has 0 aliphatic carbocycles. The first-order valence-electron chi connectivity index (χ1n) is 6.62. The highest BCUT2D eigenvalue weighted by molar-refractivity contribution is 9.10. The summed E-state index contributed by atoms with van der Waals surface area (Å²) >= 11 is 3.45. The van der Waals surface area contributed by atoms with E-state index in [1.165, 1.54) is 0 Å². The SMILES string of the molecule is CCC1OCCC1C(=O)Cc1ccc(OC)c(Br)c1. The molecule has 1 aromatic carbocycles. The van der Waals surface area contributed by atoms with Gasteiger partial charge in [-0.1, -0.05) is 13.0 Å². The van der Waals surface area contributed by atoms with E-state index in [1.807, 2.05) is 18.2 Å². The molecule has 1 aliphatic rings. The summed E-state index contributed by atoms with van der Waals surface area (Å²) in [6.07, 6.45) is 2.33. The lowest BCUT2D eigenvalue weighted by atomic mass is 9.91. The number of Topliss-reactive ketones (excluding diaryl/α,β-unsaturated/α-hetero) is 1. The molecule has 0 bridgehead atoms. The third-order valence-corrected chi connectivity index (χ3v) is 4.24. The van der Waals surface area contributed by atoms with Gasteiger partial charge in [-0.15, -0.1) is 0 Å². The normalized spacial score (nSPS) is 22.5. The second kappa shape index (κ2) is 6.53. The Balaban J connectivity index is 2.04. The van der Waals surface area contributed by atoms with Gasteiger partial charge in [-0.25, -0.2) is 0 Å². The molecule has 0 N–H and O–H groups in total. The number of halogens is 1. The van der Waals surface area contributed by atoms with Crippen molar-refractivity contribution in [1.29, 1.82) is 0 Å². The fourth-order valence-corrected chi connectivity index (χ4v) is 3.16. The second-order valence-corrected chi connectivity index (χ2v) is 5.68. The summed E-state index contributed by atoms with van der Waals surface area (Å²) in [4.78, 5) is 12.3. The van der Waals surface area contributed by atoms with E-state index in [0.29, 0.717) is 13.0 Å². The van der Waals surface area contributed by atoms with Gasteiger partial charge in [-0.3, -0.25) is 4.79 Å². The molecular formula is C15H19BrO3. The number of hydrogen-bond acceptors (Lipinski definition) is 3. The van der Waals surface area contributed by atoms with Gasteiger partial charge in [0.25, 0.3) is 0 Å². The average Bonchev–Trinajstić information content (AvgIpc) is 2.87. The molecular weight excluding hydrogens is 308 g/mol. The minimum Gasteiger partial charge on any atom is -0.496 e. The van der Waals surface area contributed by atoms with Crippen LogP contribution in [0.5, 0.6) is 5.75 Å². The molecule has 1 saturated heterocycles. The van der Waals surface area contributed by atoms with Gasteiger partial charge in [0.2, 0.25) is 0 Å². The molecule has 0 spiro atoms. The standard InChI is InChI=1S/C15H19BrO3/c1-3-14-11(6-7-19-14)13(17)9-10-4-5-15(18-2)12(16)8-10/h4-5,8,11,14H,3,6-7,9H2,1-2H3. The molecule has 1 aromatic rings. The molecule has 1 heterocycles. The van der Waals surface area contributed by atoms with Crippen molar-refractivity contribution in [3.63, 3.8) is 0 Å². The lowest BCUT2D eigenvalue weighted by molar-refractivity contribution is -0.123. The fraction of sp³-hybridized carbons (Fsp3) is 0.533. The number of ketones is 1. The van der Waals surface area contributed by atoms with E-state index < -0.39 is 0 Å². The first kappa shape index (κ1) is 14.5. The molecule has 2 atom stereocenters. The van der Waals surface area contributed by atoms with Crippen molar-refractivity contribution in [2.45, 2.75) is 32.3 Å². The molecule has 0 saturated carbocycles. The smallest absolute Gasteiger partial charge is 0.143 e. The van der Waals surface area contributed by atoms with Gasteiger partial charge in [0.1, 0.15) is 11.5 Å². The highest BCUT2D eigenvalue weighted by Crippen LogP contribution is 2.28. The van der Waals surface area contributed by atoms with Gasteiger partial charge < -0.3 is 9.47 Å². The number of ether oxygens (including phenoxy) is 2. The van der Waals surface area contributed by atoms with E-state index in [1.54, 1.807) is 7.11 Å². The predicted octanol–water partition coefficient (Wildman–Crippen LogP) is 3.38. The monoisotopic (exact) mass is 326 g/mol. The van der Waals surface area contributed by atoms with E-state index in [-0.39, 0.29) is 17.8 Å². The first-order valence-corrected chi connectivity index (χ1v) is 7.41.